The van der Waals surface area contributed by atoms with Crippen LogP contribution in [0.2, 0.25) is 0 Å². The number of nitrogens with zero attached hydrogens (tertiary/aromatic N) is 1. The van der Waals surface area contributed by atoms with Crippen molar-refractivity contribution in [2.24, 2.45) is 5.92 Å². The van der Waals surface area contributed by atoms with Crippen molar-refractivity contribution in [2.45, 2.75) is 39.8 Å². The van der Waals surface area contributed by atoms with Gasteiger partial charge in [0.05, 0.1) is 12.0 Å². The molecule has 0 aliphatic carbocycles. The minimum Gasteiger partial charge on any atom is -0.459 e. The number of fused-ring (bicyclic) bond motifs is 1. The van der Waals surface area contributed by atoms with Crippen LogP contribution in [0.1, 0.15) is 41.8 Å². The summed E-state index contributed by atoms with van der Waals surface area (Å²) in [6.07, 6.45) is 0.253. The lowest BCUT2D eigenvalue weighted by Gasteiger charge is -2.18. The van der Waals surface area contributed by atoms with Crippen molar-refractivity contribution in [3.05, 3.63) is 71.0 Å². The first-order valence-corrected chi connectivity index (χ1v) is 10.0. The summed E-state index contributed by atoms with van der Waals surface area (Å²) >= 11 is 0. The topological polar surface area (TPSA) is 62.6 Å². The molecule has 1 aliphatic heterocycles. The van der Waals surface area contributed by atoms with Crippen molar-refractivity contribution < 1.29 is 14.0 Å². The van der Waals surface area contributed by atoms with E-state index in [2.05, 4.69) is 5.32 Å². The zero-order valence-corrected chi connectivity index (χ0v) is 17.1. The van der Waals surface area contributed by atoms with Gasteiger partial charge in [0.15, 0.2) is 0 Å². The minimum atomic E-state index is -0.333. The van der Waals surface area contributed by atoms with Crippen molar-refractivity contribution in [1.82, 2.24) is 10.2 Å². The molecule has 5 nitrogen and oxygen atoms in total. The molecule has 2 heterocycles. The summed E-state index contributed by atoms with van der Waals surface area (Å²) < 4.78 is 5.96. The molecule has 1 N–H and O–H groups in total. The van der Waals surface area contributed by atoms with Gasteiger partial charge in [-0.2, -0.15) is 0 Å². The number of carbonyl (C=O) groups is 2. The van der Waals surface area contributed by atoms with Crippen LogP contribution in [0.5, 0.6) is 0 Å². The average molecular weight is 390 g/mol. The van der Waals surface area contributed by atoms with Crippen LogP contribution in [0, 0.1) is 19.8 Å². The Morgan fingerprint density at radius 3 is 2.62 bits per heavy atom. The highest BCUT2D eigenvalue weighted by Gasteiger charge is 2.35. The van der Waals surface area contributed by atoms with Gasteiger partial charge in [0.2, 0.25) is 11.8 Å². The smallest absolute Gasteiger partial charge is 0.226 e. The third kappa shape index (κ3) is 3.90. The summed E-state index contributed by atoms with van der Waals surface area (Å²) in [5.41, 5.74) is 4.13. The number of benzene rings is 2. The molecule has 2 atom stereocenters. The summed E-state index contributed by atoms with van der Waals surface area (Å²) in [6.45, 7) is 6.96. The zero-order chi connectivity index (χ0) is 20.5. The number of hydrogen-bond acceptors (Lipinski definition) is 3. The lowest BCUT2D eigenvalue weighted by Crippen LogP contribution is -2.34. The lowest BCUT2D eigenvalue weighted by molar-refractivity contribution is -0.129. The third-order valence-electron chi connectivity index (χ3n) is 5.71. The molecular weight excluding hydrogens is 364 g/mol. The second-order valence-electron chi connectivity index (χ2n) is 7.98. The Balaban J connectivity index is 1.41. The largest absolute Gasteiger partial charge is 0.459 e. The van der Waals surface area contributed by atoms with Crippen molar-refractivity contribution in [2.75, 3.05) is 6.54 Å². The van der Waals surface area contributed by atoms with Gasteiger partial charge in [-0.1, -0.05) is 48.0 Å². The van der Waals surface area contributed by atoms with E-state index in [1.54, 1.807) is 4.90 Å². The fourth-order valence-corrected chi connectivity index (χ4v) is 4.02. The fraction of sp³-hybridized carbons (Fsp3) is 0.333. The van der Waals surface area contributed by atoms with Crippen molar-refractivity contribution >= 4 is 22.8 Å². The maximum Gasteiger partial charge on any atom is 0.226 e. The molecule has 3 aromatic rings. The average Bonchev–Trinajstić information content (AvgIpc) is 3.24. The normalized spacial score (nSPS) is 17.7. The molecule has 0 bridgehead atoms. The molecule has 2 amide bonds. The Bertz CT molecular complexity index is 1050. The lowest BCUT2D eigenvalue weighted by atomic mass is 10.1. The van der Waals surface area contributed by atoms with Gasteiger partial charge in [-0.15, -0.1) is 0 Å². The molecule has 150 valence electrons. The third-order valence-corrected chi connectivity index (χ3v) is 5.71. The van der Waals surface area contributed by atoms with Gasteiger partial charge in [0.25, 0.3) is 0 Å². The van der Waals surface area contributed by atoms with E-state index in [0.717, 1.165) is 27.9 Å². The number of amides is 2. The van der Waals surface area contributed by atoms with Gasteiger partial charge in [-0.05, 0) is 32.4 Å². The number of furan rings is 1. The van der Waals surface area contributed by atoms with Gasteiger partial charge >= 0.3 is 0 Å². The van der Waals surface area contributed by atoms with Crippen molar-refractivity contribution in [3.8, 4) is 0 Å². The molecule has 0 saturated carbocycles. The highest BCUT2D eigenvalue weighted by atomic mass is 16.3. The number of rotatable bonds is 5. The standard InChI is InChI=1S/C24H26N2O3/c1-15-8-10-18(11-9-15)13-26-14-19(12-22(26)27)24(28)25-17(3)23-16(2)20-6-4-5-7-21(20)29-23/h4-11,17,19H,12-14H2,1-3H3,(H,25,28). The van der Waals surface area contributed by atoms with Crippen molar-refractivity contribution in [3.63, 3.8) is 0 Å². The van der Waals surface area contributed by atoms with Crippen molar-refractivity contribution in [1.29, 1.82) is 0 Å². The van der Waals surface area contributed by atoms with Gasteiger partial charge < -0.3 is 14.6 Å². The molecule has 29 heavy (non-hydrogen) atoms. The van der Waals surface area contributed by atoms with E-state index in [0.29, 0.717) is 13.1 Å². The first-order valence-electron chi connectivity index (χ1n) is 10.0. The van der Waals surface area contributed by atoms with E-state index in [1.807, 2.05) is 69.3 Å². The maximum absolute atomic E-state index is 12.8. The summed E-state index contributed by atoms with van der Waals surface area (Å²) in [7, 11) is 0. The second kappa shape index (κ2) is 7.74. The number of aryl methyl sites for hydroxylation is 2. The van der Waals surface area contributed by atoms with Gasteiger partial charge in [0.1, 0.15) is 11.3 Å². The maximum atomic E-state index is 12.8. The quantitative estimate of drug-likeness (QED) is 0.707. The first-order chi connectivity index (χ1) is 13.9. The molecule has 4 rings (SSSR count). The first kappa shape index (κ1) is 19.2. The van der Waals surface area contributed by atoms with Crippen LogP contribution in [0.3, 0.4) is 0 Å². The van der Waals surface area contributed by atoms with E-state index < -0.39 is 0 Å². The van der Waals surface area contributed by atoms with E-state index in [-0.39, 0.29) is 30.2 Å². The summed E-state index contributed by atoms with van der Waals surface area (Å²) in [5.74, 6) is 0.357. The Morgan fingerprint density at radius 2 is 1.90 bits per heavy atom. The fourth-order valence-electron chi connectivity index (χ4n) is 4.02. The Hall–Kier alpha value is -3.08. The molecular formula is C24H26N2O3. The van der Waals surface area contributed by atoms with E-state index in [1.165, 1.54) is 5.56 Å². The van der Waals surface area contributed by atoms with Gasteiger partial charge in [-0.3, -0.25) is 9.59 Å². The molecule has 0 radical (unpaired) electrons. The molecule has 1 aliphatic rings. The summed E-state index contributed by atoms with van der Waals surface area (Å²) in [6, 6.07) is 15.7. The predicted molar refractivity (Wildman–Crippen MR) is 112 cm³/mol. The number of hydrogen-bond donors (Lipinski definition) is 1. The van der Waals surface area contributed by atoms with Gasteiger partial charge in [0, 0.05) is 30.5 Å². The summed E-state index contributed by atoms with van der Waals surface area (Å²) in [5, 5.41) is 4.10. The number of likely N-dealkylation sites (tertiary alicyclic amines) is 1. The Morgan fingerprint density at radius 1 is 1.17 bits per heavy atom. The highest BCUT2D eigenvalue weighted by molar-refractivity contribution is 5.89. The Labute approximate surface area is 170 Å². The molecule has 2 unspecified atom stereocenters. The number of para-hydroxylation sites is 1. The molecule has 1 fully saturated rings. The second-order valence-corrected chi connectivity index (χ2v) is 7.98. The molecule has 2 aromatic carbocycles. The highest BCUT2D eigenvalue weighted by Crippen LogP contribution is 2.30. The van der Waals surface area contributed by atoms with E-state index in [4.69, 9.17) is 4.42 Å². The van der Waals surface area contributed by atoms with Crippen LogP contribution >= 0.6 is 0 Å². The molecule has 1 saturated heterocycles. The number of nitrogens with one attached hydrogen (secondary N) is 1. The summed E-state index contributed by atoms with van der Waals surface area (Å²) in [4.78, 5) is 27.0. The van der Waals surface area contributed by atoms with Crippen LogP contribution in [0.15, 0.2) is 52.9 Å². The van der Waals surface area contributed by atoms with Crippen LogP contribution in [0.4, 0.5) is 0 Å². The van der Waals surface area contributed by atoms with Crippen LogP contribution in [0.25, 0.3) is 11.0 Å². The monoisotopic (exact) mass is 390 g/mol. The molecule has 1 aromatic heterocycles. The molecule has 5 heteroatoms. The van der Waals surface area contributed by atoms with Gasteiger partial charge in [-0.25, -0.2) is 0 Å². The molecule has 0 spiro atoms. The predicted octanol–water partition coefficient (Wildman–Crippen LogP) is 4.28. The van der Waals surface area contributed by atoms with E-state index >= 15 is 0 Å². The number of carbonyl (C=O) groups excluding carboxylic acids is 2. The van der Waals surface area contributed by atoms with Crippen LogP contribution in [-0.4, -0.2) is 23.3 Å². The zero-order valence-electron chi connectivity index (χ0n) is 17.1. The van der Waals surface area contributed by atoms with Crippen LogP contribution < -0.4 is 5.32 Å². The minimum absolute atomic E-state index is 0.0262. The Kier molecular flexibility index (Phi) is 5.14. The SMILES string of the molecule is Cc1ccc(CN2CC(C(=O)NC(C)c3oc4ccccc4c3C)CC2=O)cc1. The van der Waals surface area contributed by atoms with E-state index in [9.17, 15) is 9.59 Å². The van der Waals surface area contributed by atoms with Crippen LogP contribution in [-0.2, 0) is 16.1 Å².